The zero-order chi connectivity index (χ0) is 11.7. The van der Waals surface area contributed by atoms with Crippen LogP contribution >= 0.6 is 0 Å². The fourth-order valence-electron chi connectivity index (χ4n) is 2.07. The van der Waals surface area contributed by atoms with Crippen LogP contribution in [0.25, 0.3) is 0 Å². The first kappa shape index (κ1) is 10.8. The van der Waals surface area contributed by atoms with E-state index in [4.69, 9.17) is 11.5 Å². The molecule has 4 N–H and O–H groups in total. The Morgan fingerprint density at radius 2 is 2.19 bits per heavy atom. The van der Waals surface area contributed by atoms with Gasteiger partial charge in [0.15, 0.2) is 0 Å². The Hall–Kier alpha value is -1.71. The van der Waals surface area contributed by atoms with Crippen LogP contribution in [0.15, 0.2) is 18.2 Å². The SMILES string of the molecule is CC1CCN(C(=O)c2ccc(N)cc2N)C1. The van der Waals surface area contributed by atoms with E-state index in [1.54, 1.807) is 18.2 Å². The largest absolute Gasteiger partial charge is 0.399 e. The molecule has 0 radical (unpaired) electrons. The Morgan fingerprint density at radius 1 is 1.44 bits per heavy atom. The van der Waals surface area contributed by atoms with Crippen LogP contribution in [-0.2, 0) is 0 Å². The molecule has 0 aromatic heterocycles. The van der Waals surface area contributed by atoms with Gasteiger partial charge in [-0.3, -0.25) is 4.79 Å². The van der Waals surface area contributed by atoms with Crippen molar-refractivity contribution in [3.05, 3.63) is 23.8 Å². The van der Waals surface area contributed by atoms with Gasteiger partial charge in [0.1, 0.15) is 0 Å². The van der Waals surface area contributed by atoms with Gasteiger partial charge in [0.05, 0.1) is 5.56 Å². The molecule has 1 heterocycles. The summed E-state index contributed by atoms with van der Waals surface area (Å²) in [6.07, 6.45) is 1.07. The molecule has 0 saturated carbocycles. The summed E-state index contributed by atoms with van der Waals surface area (Å²) in [5.74, 6) is 0.598. The number of anilines is 2. The number of carbonyl (C=O) groups is 1. The number of benzene rings is 1. The van der Waals surface area contributed by atoms with Crippen molar-refractivity contribution in [3.8, 4) is 0 Å². The minimum absolute atomic E-state index is 0.0156. The molecule has 0 bridgehead atoms. The van der Waals surface area contributed by atoms with E-state index < -0.39 is 0 Å². The highest BCUT2D eigenvalue weighted by Gasteiger charge is 2.25. The highest BCUT2D eigenvalue weighted by molar-refractivity contribution is 5.99. The number of rotatable bonds is 1. The van der Waals surface area contributed by atoms with Crippen LogP contribution in [0.5, 0.6) is 0 Å². The van der Waals surface area contributed by atoms with Gasteiger partial charge in [0.25, 0.3) is 5.91 Å². The third-order valence-electron chi connectivity index (χ3n) is 3.02. The summed E-state index contributed by atoms with van der Waals surface area (Å²) in [6, 6.07) is 5.05. The molecule has 1 aliphatic rings. The monoisotopic (exact) mass is 219 g/mol. The minimum Gasteiger partial charge on any atom is -0.399 e. The van der Waals surface area contributed by atoms with Crippen LogP contribution in [0.4, 0.5) is 11.4 Å². The predicted octanol–water partition coefficient (Wildman–Crippen LogP) is 1.33. The van der Waals surface area contributed by atoms with Crippen molar-refractivity contribution in [1.82, 2.24) is 4.90 Å². The average molecular weight is 219 g/mol. The standard InChI is InChI=1S/C12H17N3O/c1-8-4-5-15(7-8)12(16)10-3-2-9(13)6-11(10)14/h2-3,6,8H,4-5,7,13-14H2,1H3. The molecule has 4 heteroatoms. The molecule has 1 fully saturated rings. The zero-order valence-corrected chi connectivity index (χ0v) is 9.44. The van der Waals surface area contributed by atoms with Crippen LogP contribution in [0.1, 0.15) is 23.7 Å². The van der Waals surface area contributed by atoms with Gasteiger partial charge in [-0.2, -0.15) is 0 Å². The molecule has 1 aromatic carbocycles. The smallest absolute Gasteiger partial charge is 0.255 e. The fourth-order valence-corrected chi connectivity index (χ4v) is 2.07. The summed E-state index contributed by atoms with van der Waals surface area (Å²) in [4.78, 5) is 14.0. The van der Waals surface area contributed by atoms with E-state index in [9.17, 15) is 4.79 Å². The summed E-state index contributed by atoms with van der Waals surface area (Å²) in [5, 5.41) is 0. The maximum Gasteiger partial charge on any atom is 0.255 e. The van der Waals surface area contributed by atoms with Crippen molar-refractivity contribution in [3.63, 3.8) is 0 Å². The third-order valence-corrected chi connectivity index (χ3v) is 3.02. The molecule has 4 nitrogen and oxygen atoms in total. The Labute approximate surface area is 95.2 Å². The lowest BCUT2D eigenvalue weighted by atomic mass is 10.1. The van der Waals surface area contributed by atoms with E-state index >= 15 is 0 Å². The van der Waals surface area contributed by atoms with Crippen LogP contribution < -0.4 is 11.5 Å². The summed E-state index contributed by atoms with van der Waals surface area (Å²) in [7, 11) is 0. The summed E-state index contributed by atoms with van der Waals surface area (Å²) in [6.45, 7) is 3.80. The van der Waals surface area contributed by atoms with E-state index in [0.717, 1.165) is 19.5 Å². The van der Waals surface area contributed by atoms with Gasteiger partial charge < -0.3 is 16.4 Å². The van der Waals surface area contributed by atoms with E-state index in [1.807, 2.05) is 4.90 Å². The van der Waals surface area contributed by atoms with Gasteiger partial charge in [-0.05, 0) is 30.5 Å². The quantitative estimate of drug-likeness (QED) is 0.700. The molecule has 0 spiro atoms. The van der Waals surface area contributed by atoms with E-state index in [0.29, 0.717) is 22.9 Å². The lowest BCUT2D eigenvalue weighted by Gasteiger charge is -2.17. The first-order chi connectivity index (χ1) is 7.58. The molecule has 2 rings (SSSR count). The summed E-state index contributed by atoms with van der Waals surface area (Å²) >= 11 is 0. The molecule has 1 aromatic rings. The molecule has 86 valence electrons. The number of amides is 1. The molecular weight excluding hydrogens is 202 g/mol. The van der Waals surface area contributed by atoms with Crippen molar-refractivity contribution in [2.75, 3.05) is 24.6 Å². The topological polar surface area (TPSA) is 72.3 Å². The summed E-state index contributed by atoms with van der Waals surface area (Å²) in [5.41, 5.74) is 13.0. The van der Waals surface area contributed by atoms with Gasteiger partial charge >= 0.3 is 0 Å². The molecule has 1 saturated heterocycles. The molecule has 1 amide bonds. The molecule has 1 unspecified atom stereocenters. The van der Waals surface area contributed by atoms with Gasteiger partial charge in [0, 0.05) is 24.5 Å². The van der Waals surface area contributed by atoms with Gasteiger partial charge in [-0.25, -0.2) is 0 Å². The Kier molecular flexibility index (Phi) is 2.73. The van der Waals surface area contributed by atoms with Crippen molar-refractivity contribution in [1.29, 1.82) is 0 Å². The van der Waals surface area contributed by atoms with Gasteiger partial charge in [-0.15, -0.1) is 0 Å². The van der Waals surface area contributed by atoms with E-state index in [2.05, 4.69) is 6.92 Å². The molecular formula is C12H17N3O. The first-order valence-corrected chi connectivity index (χ1v) is 5.52. The Bertz CT molecular complexity index is 417. The van der Waals surface area contributed by atoms with Crippen molar-refractivity contribution >= 4 is 17.3 Å². The van der Waals surface area contributed by atoms with Crippen LogP contribution in [-0.4, -0.2) is 23.9 Å². The van der Waals surface area contributed by atoms with E-state index in [1.165, 1.54) is 0 Å². The van der Waals surface area contributed by atoms with Crippen LogP contribution in [0, 0.1) is 5.92 Å². The Morgan fingerprint density at radius 3 is 2.75 bits per heavy atom. The maximum atomic E-state index is 12.1. The maximum absolute atomic E-state index is 12.1. The number of hydrogen-bond acceptors (Lipinski definition) is 3. The van der Waals surface area contributed by atoms with Crippen LogP contribution in [0.3, 0.4) is 0 Å². The highest BCUT2D eigenvalue weighted by Crippen LogP contribution is 2.22. The van der Waals surface area contributed by atoms with Crippen molar-refractivity contribution in [2.24, 2.45) is 5.92 Å². The second-order valence-electron chi connectivity index (χ2n) is 4.49. The van der Waals surface area contributed by atoms with Crippen LogP contribution in [0.2, 0.25) is 0 Å². The summed E-state index contributed by atoms with van der Waals surface area (Å²) < 4.78 is 0. The average Bonchev–Trinajstić information content (AvgIpc) is 2.64. The predicted molar refractivity (Wildman–Crippen MR) is 65.0 cm³/mol. The first-order valence-electron chi connectivity index (χ1n) is 5.52. The van der Waals surface area contributed by atoms with E-state index in [-0.39, 0.29) is 5.91 Å². The Balaban J connectivity index is 2.21. The number of nitrogen functional groups attached to an aromatic ring is 2. The third kappa shape index (κ3) is 1.96. The molecule has 0 aliphatic carbocycles. The van der Waals surface area contributed by atoms with Gasteiger partial charge in [-0.1, -0.05) is 6.92 Å². The lowest BCUT2D eigenvalue weighted by Crippen LogP contribution is -2.29. The number of hydrogen-bond donors (Lipinski definition) is 2. The molecule has 1 atom stereocenters. The number of likely N-dealkylation sites (tertiary alicyclic amines) is 1. The number of nitrogens with zero attached hydrogens (tertiary/aromatic N) is 1. The van der Waals surface area contributed by atoms with Gasteiger partial charge in [0.2, 0.25) is 0 Å². The number of carbonyl (C=O) groups excluding carboxylic acids is 1. The second kappa shape index (κ2) is 4.04. The lowest BCUT2D eigenvalue weighted by molar-refractivity contribution is 0.0789. The van der Waals surface area contributed by atoms with Crippen molar-refractivity contribution < 1.29 is 4.79 Å². The molecule has 1 aliphatic heterocycles. The highest BCUT2D eigenvalue weighted by atomic mass is 16.2. The fraction of sp³-hybridized carbons (Fsp3) is 0.417. The zero-order valence-electron chi connectivity index (χ0n) is 9.44. The second-order valence-corrected chi connectivity index (χ2v) is 4.49. The number of nitrogens with two attached hydrogens (primary N) is 2. The minimum atomic E-state index is 0.0156. The normalized spacial score (nSPS) is 20.1. The van der Waals surface area contributed by atoms with Crippen molar-refractivity contribution in [2.45, 2.75) is 13.3 Å². The molecule has 16 heavy (non-hydrogen) atoms.